The van der Waals surface area contributed by atoms with Crippen molar-refractivity contribution in [3.63, 3.8) is 0 Å². The fourth-order valence-corrected chi connectivity index (χ4v) is 2.44. The van der Waals surface area contributed by atoms with E-state index in [0.29, 0.717) is 18.8 Å². The van der Waals surface area contributed by atoms with Crippen LogP contribution in [0.5, 0.6) is 0 Å². The maximum absolute atomic E-state index is 12.0. The molecule has 0 heterocycles. The van der Waals surface area contributed by atoms with Crippen LogP contribution >= 0.6 is 12.2 Å². The van der Waals surface area contributed by atoms with Crippen LogP contribution in [0.25, 0.3) is 0 Å². The summed E-state index contributed by atoms with van der Waals surface area (Å²) >= 11 is 4.96. The van der Waals surface area contributed by atoms with E-state index in [-0.39, 0.29) is 29.8 Å². The van der Waals surface area contributed by atoms with Crippen LogP contribution in [0.15, 0.2) is 0 Å². The molecule has 5 nitrogen and oxygen atoms in total. The van der Waals surface area contributed by atoms with Crippen molar-refractivity contribution < 1.29 is 14.3 Å². The Balaban J connectivity index is 2.46. The van der Waals surface area contributed by atoms with Gasteiger partial charge in [0, 0.05) is 6.54 Å². The number of thiocarbonyl (C=S) groups is 1. The van der Waals surface area contributed by atoms with Crippen molar-refractivity contribution in [2.45, 2.75) is 26.2 Å². The molecule has 1 aliphatic rings. The zero-order valence-corrected chi connectivity index (χ0v) is 10.9. The number of esters is 1. The molecule has 0 unspecified atom stereocenters. The first kappa shape index (κ1) is 13.9. The van der Waals surface area contributed by atoms with Gasteiger partial charge >= 0.3 is 5.97 Å². The van der Waals surface area contributed by atoms with E-state index in [9.17, 15) is 9.59 Å². The third kappa shape index (κ3) is 2.94. The Bertz CT molecular complexity index is 338. The highest BCUT2D eigenvalue weighted by atomic mass is 32.1. The van der Waals surface area contributed by atoms with E-state index in [0.717, 1.165) is 0 Å². The molecule has 17 heavy (non-hydrogen) atoms. The summed E-state index contributed by atoms with van der Waals surface area (Å²) < 4.78 is 4.48. The zero-order chi connectivity index (χ0) is 13.1. The van der Waals surface area contributed by atoms with Gasteiger partial charge in [0.1, 0.15) is 0 Å². The molecule has 1 saturated carbocycles. The van der Waals surface area contributed by atoms with Crippen LogP contribution in [0, 0.1) is 11.3 Å². The lowest BCUT2D eigenvalue weighted by Crippen LogP contribution is -2.56. The van der Waals surface area contributed by atoms with Gasteiger partial charge in [-0.05, 0) is 18.8 Å². The summed E-state index contributed by atoms with van der Waals surface area (Å²) in [6, 6.07) is 0. The number of nitrogens with two attached hydrogens (primary N) is 1. The number of nitrogens with one attached hydrogen (secondary N) is 1. The highest BCUT2D eigenvalue weighted by molar-refractivity contribution is 7.80. The minimum Gasteiger partial charge on any atom is -0.469 e. The van der Waals surface area contributed by atoms with Gasteiger partial charge in [0.15, 0.2) is 0 Å². The van der Waals surface area contributed by atoms with Crippen LogP contribution in [0.2, 0.25) is 0 Å². The second kappa shape index (κ2) is 5.44. The fourth-order valence-electron chi connectivity index (χ4n) is 2.18. The van der Waals surface area contributed by atoms with E-state index in [1.807, 2.05) is 0 Å². The summed E-state index contributed by atoms with van der Waals surface area (Å²) in [5.74, 6) is -0.0634. The van der Waals surface area contributed by atoms with Gasteiger partial charge in [-0.25, -0.2) is 0 Å². The van der Waals surface area contributed by atoms with Gasteiger partial charge < -0.3 is 15.8 Å². The van der Waals surface area contributed by atoms with Crippen molar-refractivity contribution in [1.29, 1.82) is 0 Å². The number of carbonyl (C=O) groups excluding carboxylic acids is 2. The molecule has 0 saturated heterocycles. The van der Waals surface area contributed by atoms with E-state index >= 15 is 0 Å². The van der Waals surface area contributed by atoms with E-state index in [2.05, 4.69) is 17.0 Å². The number of amides is 1. The highest BCUT2D eigenvalue weighted by Gasteiger charge is 2.50. The molecule has 0 aromatic heterocycles. The standard InChI is InChI=1S/C11H18N2O3S/c1-7-5-11(6-7,9(12)17)10(15)13-4-3-8(14)16-2/h7H,3-6H2,1-2H3,(H2,12,17)(H,13,15). The smallest absolute Gasteiger partial charge is 0.307 e. The van der Waals surface area contributed by atoms with Crippen LogP contribution in [0.3, 0.4) is 0 Å². The Hall–Kier alpha value is -1.17. The van der Waals surface area contributed by atoms with Crippen LogP contribution in [-0.2, 0) is 14.3 Å². The van der Waals surface area contributed by atoms with Crippen molar-refractivity contribution in [2.24, 2.45) is 17.1 Å². The third-order valence-corrected chi connectivity index (χ3v) is 3.53. The lowest BCUT2D eigenvalue weighted by Gasteiger charge is -2.44. The summed E-state index contributed by atoms with van der Waals surface area (Å²) in [6.45, 7) is 2.31. The van der Waals surface area contributed by atoms with Crippen molar-refractivity contribution in [3.05, 3.63) is 0 Å². The molecular weight excluding hydrogens is 240 g/mol. The van der Waals surface area contributed by atoms with Gasteiger partial charge in [-0.1, -0.05) is 19.1 Å². The van der Waals surface area contributed by atoms with Crippen molar-refractivity contribution >= 4 is 29.1 Å². The molecule has 0 atom stereocenters. The third-order valence-electron chi connectivity index (χ3n) is 3.14. The van der Waals surface area contributed by atoms with Crippen molar-refractivity contribution in [1.82, 2.24) is 5.32 Å². The molecular formula is C11H18N2O3S. The van der Waals surface area contributed by atoms with Gasteiger partial charge in [0.2, 0.25) is 5.91 Å². The number of carbonyl (C=O) groups is 2. The van der Waals surface area contributed by atoms with Gasteiger partial charge in [0.25, 0.3) is 0 Å². The number of methoxy groups -OCH3 is 1. The summed E-state index contributed by atoms with van der Waals surface area (Å²) in [4.78, 5) is 23.1. The topological polar surface area (TPSA) is 81.4 Å². The average Bonchev–Trinajstić information content (AvgIpc) is 2.23. The molecule has 0 radical (unpaired) electrons. The molecule has 3 N–H and O–H groups in total. The quantitative estimate of drug-likeness (QED) is 0.550. The molecule has 0 bridgehead atoms. The molecule has 6 heteroatoms. The molecule has 0 aromatic rings. The normalized spacial score (nSPS) is 26.8. The molecule has 0 aliphatic heterocycles. The SMILES string of the molecule is COC(=O)CCNC(=O)C1(C(N)=S)CC(C)C1. The Morgan fingerprint density at radius 1 is 1.53 bits per heavy atom. The zero-order valence-electron chi connectivity index (χ0n) is 10.1. The fraction of sp³-hybridized carbons (Fsp3) is 0.727. The second-order valence-electron chi connectivity index (χ2n) is 4.54. The van der Waals surface area contributed by atoms with Crippen LogP contribution in [0.1, 0.15) is 26.2 Å². The number of ether oxygens (including phenoxy) is 1. The molecule has 1 rings (SSSR count). The van der Waals surface area contributed by atoms with E-state index in [1.54, 1.807) is 0 Å². The first-order valence-corrected chi connectivity index (χ1v) is 5.98. The Morgan fingerprint density at radius 3 is 2.53 bits per heavy atom. The van der Waals surface area contributed by atoms with E-state index in [4.69, 9.17) is 18.0 Å². The van der Waals surface area contributed by atoms with Crippen molar-refractivity contribution in [2.75, 3.05) is 13.7 Å². The van der Waals surface area contributed by atoms with Crippen molar-refractivity contribution in [3.8, 4) is 0 Å². The van der Waals surface area contributed by atoms with Gasteiger partial charge in [-0.3, -0.25) is 9.59 Å². The Morgan fingerprint density at radius 2 is 2.12 bits per heavy atom. The number of rotatable bonds is 5. The molecule has 0 spiro atoms. The number of hydrogen-bond acceptors (Lipinski definition) is 4. The minimum absolute atomic E-state index is 0.158. The highest BCUT2D eigenvalue weighted by Crippen LogP contribution is 2.45. The molecule has 96 valence electrons. The first-order chi connectivity index (χ1) is 7.92. The molecule has 1 fully saturated rings. The lowest BCUT2D eigenvalue weighted by molar-refractivity contribution is -0.140. The minimum atomic E-state index is -0.704. The van der Waals surface area contributed by atoms with Crippen LogP contribution < -0.4 is 11.1 Å². The molecule has 1 aliphatic carbocycles. The lowest BCUT2D eigenvalue weighted by atomic mass is 9.62. The summed E-state index contributed by atoms with van der Waals surface area (Å²) in [6.07, 6.45) is 1.53. The predicted molar refractivity (Wildman–Crippen MR) is 67.3 cm³/mol. The van der Waals surface area contributed by atoms with Crippen LogP contribution in [-0.4, -0.2) is 30.5 Å². The Kier molecular flexibility index (Phi) is 4.45. The summed E-state index contributed by atoms with van der Waals surface area (Å²) in [5, 5.41) is 2.69. The van der Waals surface area contributed by atoms with E-state index in [1.165, 1.54) is 7.11 Å². The van der Waals surface area contributed by atoms with Gasteiger partial charge in [0.05, 0.1) is 23.9 Å². The first-order valence-electron chi connectivity index (χ1n) is 5.57. The van der Waals surface area contributed by atoms with E-state index < -0.39 is 5.41 Å². The maximum atomic E-state index is 12.0. The maximum Gasteiger partial charge on any atom is 0.307 e. The number of hydrogen-bond donors (Lipinski definition) is 2. The molecule has 0 aromatic carbocycles. The van der Waals surface area contributed by atoms with Crippen LogP contribution in [0.4, 0.5) is 0 Å². The summed E-state index contributed by atoms with van der Waals surface area (Å²) in [7, 11) is 1.31. The van der Waals surface area contributed by atoms with Gasteiger partial charge in [-0.15, -0.1) is 0 Å². The summed E-state index contributed by atoms with van der Waals surface area (Å²) in [5.41, 5.74) is 4.93. The Labute approximate surface area is 106 Å². The predicted octanol–water partition coefficient (Wildman–Crippen LogP) is 0.368. The molecule has 1 amide bonds. The second-order valence-corrected chi connectivity index (χ2v) is 4.98. The monoisotopic (exact) mass is 258 g/mol. The average molecular weight is 258 g/mol. The largest absolute Gasteiger partial charge is 0.469 e. The van der Waals surface area contributed by atoms with Gasteiger partial charge in [-0.2, -0.15) is 0 Å².